The zero-order chi connectivity index (χ0) is 49.8. The zero-order valence-electron chi connectivity index (χ0n) is 40.6. The third-order valence-electron chi connectivity index (χ3n) is 15.1. The highest BCUT2D eigenvalue weighted by atomic mass is 32.1. The number of para-hydroxylation sites is 3. The minimum Gasteiger partial charge on any atom is -0.456 e. The standard InChI is InChI=1S/C69H40N4O2S/c1-3-12-42(13-4-1)67-70-68(43-24-22-41(23-25-43)47-26-31-52-51-17-8-10-20-60(51)75-63(52)39-47)72-69(71-67)54-18-11-21-62-66(54)57-38-45(29-34-61(57)74-62)46-30-35-64-56(37-46)53-32-27-48(40-65(53)76-64)44-28-33-59-55(36-44)50-16-7-9-19-58(50)73(59)49-14-5-2-6-15-49/h1-40H. The van der Waals surface area contributed by atoms with Crippen molar-refractivity contribution in [3.8, 4) is 73.2 Å². The number of nitrogens with zero attached hydrogens (tertiary/aromatic N) is 4. The summed E-state index contributed by atoms with van der Waals surface area (Å²) in [5.41, 5.74) is 16.4. The van der Waals surface area contributed by atoms with Crippen molar-refractivity contribution in [3.63, 3.8) is 0 Å². The van der Waals surface area contributed by atoms with E-state index in [4.69, 9.17) is 23.8 Å². The molecule has 11 aromatic carbocycles. The fraction of sp³-hybridized carbons (Fsp3) is 0. The lowest BCUT2D eigenvalue weighted by Gasteiger charge is -2.10. The van der Waals surface area contributed by atoms with Gasteiger partial charge in [-0.15, -0.1) is 11.3 Å². The van der Waals surface area contributed by atoms with Gasteiger partial charge in [-0.2, -0.15) is 0 Å². The van der Waals surface area contributed by atoms with E-state index in [1.54, 1.807) is 0 Å². The summed E-state index contributed by atoms with van der Waals surface area (Å²) >= 11 is 1.84. The van der Waals surface area contributed by atoms with Crippen molar-refractivity contribution in [2.24, 2.45) is 0 Å². The molecule has 0 atom stereocenters. The maximum atomic E-state index is 6.59. The van der Waals surface area contributed by atoms with Gasteiger partial charge in [0.25, 0.3) is 0 Å². The minimum absolute atomic E-state index is 0.575. The van der Waals surface area contributed by atoms with Gasteiger partial charge in [0.2, 0.25) is 0 Å². The van der Waals surface area contributed by atoms with Crippen LogP contribution in [0.5, 0.6) is 0 Å². The summed E-state index contributed by atoms with van der Waals surface area (Å²) in [5.74, 6) is 1.76. The van der Waals surface area contributed by atoms with Gasteiger partial charge < -0.3 is 13.4 Å². The van der Waals surface area contributed by atoms with Crippen LogP contribution >= 0.6 is 11.3 Å². The third kappa shape index (κ3) is 6.83. The van der Waals surface area contributed by atoms with Crippen LogP contribution in [0.15, 0.2) is 251 Å². The molecule has 0 bridgehead atoms. The molecule has 5 aromatic heterocycles. The van der Waals surface area contributed by atoms with Crippen LogP contribution in [0.2, 0.25) is 0 Å². The van der Waals surface area contributed by atoms with Gasteiger partial charge in [-0.3, -0.25) is 0 Å². The molecule has 0 unspecified atom stereocenters. The molecule has 0 saturated carbocycles. The first-order chi connectivity index (χ1) is 37.6. The number of thiophene rings is 1. The maximum absolute atomic E-state index is 6.59. The van der Waals surface area contributed by atoms with Gasteiger partial charge >= 0.3 is 0 Å². The quantitative estimate of drug-likeness (QED) is 0.159. The molecular weight excluding hydrogens is 949 g/mol. The van der Waals surface area contributed by atoms with E-state index >= 15 is 0 Å². The van der Waals surface area contributed by atoms with Crippen molar-refractivity contribution in [1.29, 1.82) is 0 Å². The highest BCUT2D eigenvalue weighted by molar-refractivity contribution is 7.25. The fourth-order valence-electron chi connectivity index (χ4n) is 11.4. The second kappa shape index (κ2) is 16.8. The molecule has 7 heteroatoms. The van der Waals surface area contributed by atoms with E-state index in [-0.39, 0.29) is 0 Å². The van der Waals surface area contributed by atoms with Gasteiger partial charge in [-0.25, -0.2) is 15.0 Å². The van der Waals surface area contributed by atoms with Crippen molar-refractivity contribution in [3.05, 3.63) is 243 Å². The van der Waals surface area contributed by atoms with E-state index in [9.17, 15) is 0 Å². The lowest BCUT2D eigenvalue weighted by molar-refractivity contribution is 0.668. The summed E-state index contributed by atoms with van der Waals surface area (Å²) in [4.78, 5) is 15.5. The van der Waals surface area contributed by atoms with E-state index in [2.05, 4.69) is 187 Å². The van der Waals surface area contributed by atoms with Gasteiger partial charge in [0.1, 0.15) is 22.3 Å². The molecule has 0 amide bonds. The third-order valence-corrected chi connectivity index (χ3v) is 16.2. The number of hydrogen-bond acceptors (Lipinski definition) is 6. The Morgan fingerprint density at radius 3 is 1.66 bits per heavy atom. The van der Waals surface area contributed by atoms with Crippen LogP contribution in [-0.2, 0) is 0 Å². The Hall–Kier alpha value is -9.95. The highest BCUT2D eigenvalue weighted by Gasteiger charge is 2.20. The lowest BCUT2D eigenvalue weighted by atomic mass is 9.98. The Morgan fingerprint density at radius 1 is 0.289 bits per heavy atom. The SMILES string of the molecule is c1ccc(-c2nc(-c3ccc(-c4ccc5c(c4)oc4ccccc45)cc3)nc(-c3cccc4oc5ccc(-c6ccc7sc8cc(-c9ccc%10c(c9)c9ccccc9n%10-c9ccccc9)ccc8c7c6)cc5c34)n2)cc1. The van der Waals surface area contributed by atoms with Crippen molar-refractivity contribution in [1.82, 2.24) is 19.5 Å². The van der Waals surface area contributed by atoms with Crippen molar-refractivity contribution < 1.29 is 8.83 Å². The van der Waals surface area contributed by atoms with E-state index < -0.39 is 0 Å². The van der Waals surface area contributed by atoms with Gasteiger partial charge in [0, 0.05) is 74.9 Å². The summed E-state index contributed by atoms with van der Waals surface area (Å²) in [6, 6.07) is 85.8. The molecule has 16 aromatic rings. The average Bonchev–Trinajstić information content (AvgIpc) is 4.29. The molecule has 0 fully saturated rings. The summed E-state index contributed by atoms with van der Waals surface area (Å²) in [6.45, 7) is 0. The molecule has 0 N–H and O–H groups in total. The molecule has 354 valence electrons. The first-order valence-corrected chi connectivity index (χ1v) is 26.3. The molecule has 76 heavy (non-hydrogen) atoms. The second-order valence-electron chi connectivity index (χ2n) is 19.5. The van der Waals surface area contributed by atoms with Crippen LogP contribution in [0, 0.1) is 0 Å². The first-order valence-electron chi connectivity index (χ1n) is 25.5. The normalized spacial score (nSPS) is 11.9. The fourth-order valence-corrected chi connectivity index (χ4v) is 12.5. The molecule has 0 aliphatic carbocycles. The van der Waals surface area contributed by atoms with E-state index in [1.165, 1.54) is 53.1 Å². The summed E-state index contributed by atoms with van der Waals surface area (Å²) in [6.07, 6.45) is 0. The molecule has 5 heterocycles. The molecule has 0 spiro atoms. The Labute approximate surface area is 439 Å². The average molecular weight is 989 g/mol. The van der Waals surface area contributed by atoms with Crippen LogP contribution < -0.4 is 0 Å². The summed E-state index contributed by atoms with van der Waals surface area (Å²) in [7, 11) is 0. The van der Waals surface area contributed by atoms with E-state index in [1.807, 2.05) is 72.0 Å². The van der Waals surface area contributed by atoms with Crippen molar-refractivity contribution >= 4 is 97.2 Å². The molecule has 0 saturated heterocycles. The van der Waals surface area contributed by atoms with E-state index in [0.717, 1.165) is 88.5 Å². The number of furan rings is 2. The largest absolute Gasteiger partial charge is 0.456 e. The molecule has 0 radical (unpaired) electrons. The van der Waals surface area contributed by atoms with Crippen molar-refractivity contribution in [2.75, 3.05) is 0 Å². The Bertz CT molecular complexity index is 4990. The smallest absolute Gasteiger partial charge is 0.164 e. The molecule has 0 aliphatic heterocycles. The van der Waals surface area contributed by atoms with Crippen LogP contribution in [0.4, 0.5) is 0 Å². The Kier molecular flexibility index (Phi) is 9.40. The van der Waals surface area contributed by atoms with Crippen LogP contribution in [0.1, 0.15) is 0 Å². The van der Waals surface area contributed by atoms with Gasteiger partial charge in [-0.1, -0.05) is 158 Å². The highest BCUT2D eigenvalue weighted by Crippen LogP contribution is 2.43. The Morgan fingerprint density at radius 2 is 0.829 bits per heavy atom. The predicted octanol–water partition coefficient (Wildman–Crippen LogP) is 19.1. The maximum Gasteiger partial charge on any atom is 0.164 e. The minimum atomic E-state index is 0.575. The number of fused-ring (bicyclic) bond motifs is 12. The van der Waals surface area contributed by atoms with Gasteiger partial charge in [0.15, 0.2) is 17.5 Å². The van der Waals surface area contributed by atoms with Crippen LogP contribution in [-0.4, -0.2) is 19.5 Å². The number of benzene rings is 11. The second-order valence-corrected chi connectivity index (χ2v) is 20.6. The van der Waals surface area contributed by atoms with Crippen LogP contribution in [0.3, 0.4) is 0 Å². The van der Waals surface area contributed by atoms with Gasteiger partial charge in [0.05, 0.1) is 11.0 Å². The van der Waals surface area contributed by atoms with Crippen LogP contribution in [0.25, 0.3) is 159 Å². The Balaban J connectivity index is 0.761. The number of aromatic nitrogens is 4. The topological polar surface area (TPSA) is 69.9 Å². The molecule has 0 aliphatic rings. The molecule has 6 nitrogen and oxygen atoms in total. The van der Waals surface area contributed by atoms with E-state index in [0.29, 0.717) is 17.5 Å². The van der Waals surface area contributed by atoms with Crippen molar-refractivity contribution in [2.45, 2.75) is 0 Å². The monoisotopic (exact) mass is 988 g/mol. The molecule has 16 rings (SSSR count). The molecular formula is C69H40N4O2S. The number of rotatable bonds is 7. The predicted molar refractivity (Wildman–Crippen MR) is 314 cm³/mol. The summed E-state index contributed by atoms with van der Waals surface area (Å²) < 4.78 is 17.7. The first kappa shape index (κ1) is 42.5. The summed E-state index contributed by atoms with van der Waals surface area (Å²) in [5, 5.41) is 9.19. The lowest BCUT2D eigenvalue weighted by Crippen LogP contribution is -2.00. The van der Waals surface area contributed by atoms with Gasteiger partial charge in [-0.05, 0) is 118 Å². The number of hydrogen-bond donors (Lipinski definition) is 0. The zero-order valence-corrected chi connectivity index (χ0v) is 41.4.